The Morgan fingerprint density at radius 2 is 1.94 bits per heavy atom. The van der Waals surface area contributed by atoms with Gasteiger partial charge >= 0.3 is 0 Å². The molecule has 2 nitrogen and oxygen atoms in total. The Kier molecular flexibility index (Phi) is 5.84. The van der Waals surface area contributed by atoms with Crippen LogP contribution in [0, 0.1) is 23.2 Å². The van der Waals surface area contributed by atoms with Crippen LogP contribution in [0.1, 0.15) is 59.8 Å². The first-order valence-electron chi connectivity index (χ1n) is 7.37. The van der Waals surface area contributed by atoms with Gasteiger partial charge in [-0.15, -0.1) is 0 Å². The predicted molar refractivity (Wildman–Crippen MR) is 75.6 cm³/mol. The molecule has 1 fully saturated rings. The minimum Gasteiger partial charge on any atom is -0.385 e. The Hall–Kier alpha value is -0.370. The van der Waals surface area contributed by atoms with Gasteiger partial charge in [0.2, 0.25) is 0 Å². The standard InChI is InChI=1S/C16H30O2/c1-12-7-6-8-13(9-10-18-5)15(12)14(17)11-16(2,3)4/h12-13,15H,6-11H2,1-5H3. The van der Waals surface area contributed by atoms with E-state index in [9.17, 15) is 4.79 Å². The zero-order valence-corrected chi connectivity index (χ0v) is 12.8. The Bertz CT molecular complexity index is 265. The van der Waals surface area contributed by atoms with Gasteiger partial charge in [0.25, 0.3) is 0 Å². The normalized spacial score (nSPS) is 29.3. The molecular formula is C16H30O2. The van der Waals surface area contributed by atoms with E-state index in [-0.39, 0.29) is 11.3 Å². The lowest BCUT2D eigenvalue weighted by atomic mass is 9.67. The molecule has 1 aliphatic rings. The van der Waals surface area contributed by atoms with Crippen LogP contribution in [-0.4, -0.2) is 19.5 Å². The van der Waals surface area contributed by atoms with Crippen LogP contribution in [0.2, 0.25) is 0 Å². The summed E-state index contributed by atoms with van der Waals surface area (Å²) in [5.74, 6) is 1.85. The van der Waals surface area contributed by atoms with E-state index in [0.717, 1.165) is 13.0 Å². The summed E-state index contributed by atoms with van der Waals surface area (Å²) >= 11 is 0. The molecule has 2 heteroatoms. The molecule has 0 saturated heterocycles. The van der Waals surface area contributed by atoms with E-state index >= 15 is 0 Å². The number of hydrogen-bond acceptors (Lipinski definition) is 2. The van der Waals surface area contributed by atoms with Crippen LogP contribution < -0.4 is 0 Å². The monoisotopic (exact) mass is 254 g/mol. The third-order valence-electron chi connectivity index (χ3n) is 4.12. The molecule has 18 heavy (non-hydrogen) atoms. The van der Waals surface area contributed by atoms with Crippen molar-refractivity contribution >= 4 is 5.78 Å². The molecule has 0 aromatic rings. The van der Waals surface area contributed by atoms with Crippen molar-refractivity contribution in [2.45, 2.75) is 59.8 Å². The van der Waals surface area contributed by atoms with Crippen molar-refractivity contribution < 1.29 is 9.53 Å². The molecule has 0 amide bonds. The molecule has 1 saturated carbocycles. The SMILES string of the molecule is COCCC1CCCC(C)C1C(=O)CC(C)(C)C. The van der Waals surface area contributed by atoms with Gasteiger partial charge < -0.3 is 4.74 Å². The van der Waals surface area contributed by atoms with Crippen molar-refractivity contribution in [2.75, 3.05) is 13.7 Å². The van der Waals surface area contributed by atoms with Crippen LogP contribution >= 0.6 is 0 Å². The minimum absolute atomic E-state index is 0.111. The molecule has 3 unspecified atom stereocenters. The number of carbonyl (C=O) groups is 1. The summed E-state index contributed by atoms with van der Waals surface area (Å²) in [6, 6.07) is 0. The number of methoxy groups -OCH3 is 1. The summed E-state index contributed by atoms with van der Waals surface area (Å²) < 4.78 is 5.20. The van der Waals surface area contributed by atoms with Crippen LogP contribution in [0.25, 0.3) is 0 Å². The van der Waals surface area contributed by atoms with Gasteiger partial charge in [0, 0.05) is 26.1 Å². The van der Waals surface area contributed by atoms with Crippen molar-refractivity contribution in [1.29, 1.82) is 0 Å². The average Bonchev–Trinajstić information content (AvgIpc) is 2.23. The van der Waals surface area contributed by atoms with Gasteiger partial charge in [0.05, 0.1) is 0 Å². The summed E-state index contributed by atoms with van der Waals surface area (Å²) in [7, 11) is 1.75. The fourth-order valence-electron chi connectivity index (χ4n) is 3.34. The van der Waals surface area contributed by atoms with Gasteiger partial charge in [0.1, 0.15) is 5.78 Å². The highest BCUT2D eigenvalue weighted by molar-refractivity contribution is 5.82. The Morgan fingerprint density at radius 3 is 2.50 bits per heavy atom. The van der Waals surface area contributed by atoms with E-state index in [4.69, 9.17) is 4.74 Å². The molecule has 0 aliphatic heterocycles. The fraction of sp³-hybridized carbons (Fsp3) is 0.938. The number of hydrogen-bond donors (Lipinski definition) is 0. The van der Waals surface area contributed by atoms with E-state index in [1.807, 2.05) is 0 Å². The molecule has 0 aromatic heterocycles. The summed E-state index contributed by atoms with van der Waals surface area (Å²) in [6.45, 7) is 9.51. The number of ether oxygens (including phenoxy) is 1. The largest absolute Gasteiger partial charge is 0.385 e. The second kappa shape index (κ2) is 6.70. The molecule has 1 aliphatic carbocycles. The van der Waals surface area contributed by atoms with Crippen molar-refractivity contribution in [2.24, 2.45) is 23.2 Å². The van der Waals surface area contributed by atoms with E-state index in [2.05, 4.69) is 27.7 Å². The Balaban J connectivity index is 2.68. The lowest BCUT2D eigenvalue weighted by molar-refractivity contribution is -0.129. The maximum absolute atomic E-state index is 12.6. The van der Waals surface area contributed by atoms with Crippen LogP contribution in [0.5, 0.6) is 0 Å². The van der Waals surface area contributed by atoms with Gasteiger partial charge in [-0.25, -0.2) is 0 Å². The van der Waals surface area contributed by atoms with E-state index in [0.29, 0.717) is 24.0 Å². The number of rotatable bonds is 5. The first kappa shape index (κ1) is 15.7. The van der Waals surface area contributed by atoms with E-state index < -0.39 is 0 Å². The van der Waals surface area contributed by atoms with E-state index in [1.54, 1.807) is 7.11 Å². The average molecular weight is 254 g/mol. The van der Waals surface area contributed by atoms with Crippen LogP contribution in [-0.2, 0) is 9.53 Å². The predicted octanol–water partition coefficient (Wildman–Crippen LogP) is 4.08. The molecule has 106 valence electrons. The van der Waals surface area contributed by atoms with Gasteiger partial charge in [-0.1, -0.05) is 40.5 Å². The lowest BCUT2D eigenvalue weighted by Crippen LogP contribution is -2.35. The lowest BCUT2D eigenvalue weighted by Gasteiger charge is -2.37. The Morgan fingerprint density at radius 1 is 1.28 bits per heavy atom. The summed E-state index contributed by atoms with van der Waals surface area (Å²) in [5, 5.41) is 0. The number of ketones is 1. The number of carbonyl (C=O) groups excluding carboxylic acids is 1. The van der Waals surface area contributed by atoms with Gasteiger partial charge in [0.15, 0.2) is 0 Å². The summed E-state index contributed by atoms with van der Waals surface area (Å²) in [6.07, 6.45) is 5.44. The van der Waals surface area contributed by atoms with Gasteiger partial charge in [-0.2, -0.15) is 0 Å². The van der Waals surface area contributed by atoms with Gasteiger partial charge in [-0.05, 0) is 30.1 Å². The van der Waals surface area contributed by atoms with Crippen molar-refractivity contribution in [1.82, 2.24) is 0 Å². The molecule has 3 atom stereocenters. The van der Waals surface area contributed by atoms with Crippen LogP contribution in [0.4, 0.5) is 0 Å². The molecule has 0 radical (unpaired) electrons. The summed E-state index contributed by atoms with van der Waals surface area (Å²) in [4.78, 5) is 12.6. The highest BCUT2D eigenvalue weighted by atomic mass is 16.5. The third kappa shape index (κ3) is 4.72. The zero-order chi connectivity index (χ0) is 13.8. The summed E-state index contributed by atoms with van der Waals surface area (Å²) in [5.41, 5.74) is 0.111. The highest BCUT2D eigenvalue weighted by Crippen LogP contribution is 2.39. The van der Waals surface area contributed by atoms with Crippen molar-refractivity contribution in [3.63, 3.8) is 0 Å². The Labute approximate surface area is 112 Å². The molecule has 0 aromatic carbocycles. The van der Waals surface area contributed by atoms with Crippen LogP contribution in [0.15, 0.2) is 0 Å². The molecule has 0 spiro atoms. The molecule has 0 N–H and O–H groups in total. The second-order valence-electron chi connectivity index (χ2n) is 7.18. The first-order valence-corrected chi connectivity index (χ1v) is 7.37. The first-order chi connectivity index (χ1) is 8.35. The topological polar surface area (TPSA) is 26.3 Å². The quantitative estimate of drug-likeness (QED) is 0.739. The van der Waals surface area contributed by atoms with Crippen LogP contribution in [0.3, 0.4) is 0 Å². The van der Waals surface area contributed by atoms with Crippen molar-refractivity contribution in [3.05, 3.63) is 0 Å². The fourth-order valence-corrected chi connectivity index (χ4v) is 3.34. The third-order valence-corrected chi connectivity index (χ3v) is 4.12. The molecule has 0 bridgehead atoms. The highest BCUT2D eigenvalue weighted by Gasteiger charge is 2.36. The number of Topliss-reactive ketones (excluding diaryl/α,β-unsaturated/α-hetero) is 1. The zero-order valence-electron chi connectivity index (χ0n) is 12.8. The smallest absolute Gasteiger partial charge is 0.137 e. The molecule has 0 heterocycles. The molecule has 1 rings (SSSR count). The van der Waals surface area contributed by atoms with Crippen molar-refractivity contribution in [3.8, 4) is 0 Å². The maximum atomic E-state index is 12.6. The molecular weight excluding hydrogens is 224 g/mol. The minimum atomic E-state index is 0.111. The maximum Gasteiger partial charge on any atom is 0.137 e. The van der Waals surface area contributed by atoms with Gasteiger partial charge in [-0.3, -0.25) is 4.79 Å². The van der Waals surface area contributed by atoms with E-state index in [1.165, 1.54) is 19.3 Å². The second-order valence-corrected chi connectivity index (χ2v) is 7.18.